The number of ether oxygens (including phenoxy) is 4. The fraction of sp³-hybridized carbons (Fsp3) is 0.538. The fourth-order valence-electron chi connectivity index (χ4n) is 5.35. The van der Waals surface area contributed by atoms with Crippen molar-refractivity contribution in [1.29, 1.82) is 0 Å². The van der Waals surface area contributed by atoms with Crippen molar-refractivity contribution in [1.82, 2.24) is 0 Å². The third-order valence-corrected chi connectivity index (χ3v) is 7.39. The molecule has 0 bridgehead atoms. The predicted molar refractivity (Wildman–Crippen MR) is 129 cm³/mol. The van der Waals surface area contributed by atoms with Gasteiger partial charge in [0, 0.05) is 12.5 Å². The van der Waals surface area contributed by atoms with Gasteiger partial charge in [0.25, 0.3) is 0 Å². The fourth-order valence-corrected chi connectivity index (χ4v) is 5.35. The van der Waals surface area contributed by atoms with Crippen molar-refractivity contribution in [2.75, 3.05) is 34.0 Å². The maximum Gasteiger partial charge on any atom is 0.186 e. The summed E-state index contributed by atoms with van der Waals surface area (Å²) < 4.78 is 22.0. The van der Waals surface area contributed by atoms with Gasteiger partial charge in [0.1, 0.15) is 24.4 Å². The van der Waals surface area contributed by atoms with Crippen LogP contribution in [0.5, 0.6) is 23.0 Å². The highest BCUT2D eigenvalue weighted by Gasteiger charge is 2.45. The first kappa shape index (κ1) is 27.4. The molecule has 1 aliphatic heterocycles. The number of fused-ring (bicyclic) bond motifs is 1. The minimum Gasteiger partial charge on any atom is -0.504 e. The molecule has 11 heteroatoms. The Hall–Kier alpha value is -2.64. The summed E-state index contributed by atoms with van der Waals surface area (Å²) in [7, 11) is 2.88. The molecule has 1 saturated heterocycles. The lowest BCUT2D eigenvalue weighted by atomic mass is 9.67. The second kappa shape index (κ2) is 11.4. The molecule has 0 unspecified atom stereocenters. The van der Waals surface area contributed by atoms with E-state index in [1.54, 1.807) is 24.3 Å². The zero-order valence-electron chi connectivity index (χ0n) is 20.6. The van der Waals surface area contributed by atoms with Crippen molar-refractivity contribution in [3.05, 3.63) is 47.0 Å². The van der Waals surface area contributed by atoms with Gasteiger partial charge in [0.2, 0.25) is 0 Å². The molecule has 4 rings (SSSR count). The lowest BCUT2D eigenvalue weighted by molar-refractivity contribution is -0.304. The van der Waals surface area contributed by atoms with E-state index in [2.05, 4.69) is 0 Å². The molecule has 0 amide bonds. The van der Waals surface area contributed by atoms with Crippen molar-refractivity contribution in [2.45, 2.75) is 43.0 Å². The molecule has 8 atom stereocenters. The summed E-state index contributed by atoms with van der Waals surface area (Å²) in [4.78, 5) is 0. The van der Waals surface area contributed by atoms with Crippen LogP contribution in [0.2, 0.25) is 0 Å². The molecule has 2 aliphatic rings. The van der Waals surface area contributed by atoms with Gasteiger partial charge in [-0.15, -0.1) is 0 Å². The average molecular weight is 523 g/mol. The average Bonchev–Trinajstić information content (AvgIpc) is 2.90. The minimum absolute atomic E-state index is 0.0476. The summed E-state index contributed by atoms with van der Waals surface area (Å²) in [6.07, 6.45) is -6.68. The molecule has 0 radical (unpaired) electrons. The number of phenolic OH excluding ortho intramolecular Hbond substituents is 2. The summed E-state index contributed by atoms with van der Waals surface area (Å²) in [6, 6.07) is 8.22. The van der Waals surface area contributed by atoms with E-state index >= 15 is 0 Å². The summed E-state index contributed by atoms with van der Waals surface area (Å²) in [6.45, 7) is -0.830. The predicted octanol–water partition coefficient (Wildman–Crippen LogP) is -0.156. The Labute approximate surface area is 214 Å². The number of methoxy groups -OCH3 is 2. The van der Waals surface area contributed by atoms with Gasteiger partial charge in [0.05, 0.1) is 27.4 Å². The van der Waals surface area contributed by atoms with Crippen LogP contribution >= 0.6 is 0 Å². The van der Waals surface area contributed by atoms with Crippen LogP contribution in [-0.4, -0.2) is 100 Å². The van der Waals surface area contributed by atoms with E-state index in [0.29, 0.717) is 12.2 Å². The van der Waals surface area contributed by atoms with Gasteiger partial charge in [-0.25, -0.2) is 0 Å². The number of benzene rings is 2. The van der Waals surface area contributed by atoms with E-state index in [1.807, 2.05) is 0 Å². The molecule has 204 valence electrons. The Morgan fingerprint density at radius 3 is 2.22 bits per heavy atom. The third kappa shape index (κ3) is 5.21. The van der Waals surface area contributed by atoms with Crippen molar-refractivity contribution in [3.63, 3.8) is 0 Å². The first-order valence-electron chi connectivity index (χ1n) is 12.0. The van der Waals surface area contributed by atoms with Gasteiger partial charge in [-0.1, -0.05) is 6.07 Å². The van der Waals surface area contributed by atoms with Crippen LogP contribution in [0.4, 0.5) is 0 Å². The quantitative estimate of drug-likeness (QED) is 0.245. The van der Waals surface area contributed by atoms with Crippen LogP contribution in [0.15, 0.2) is 30.3 Å². The molecule has 1 heterocycles. The van der Waals surface area contributed by atoms with Crippen LogP contribution in [-0.2, 0) is 15.9 Å². The number of aliphatic hydroxyl groups is 5. The van der Waals surface area contributed by atoms with E-state index < -0.39 is 49.1 Å². The molecule has 0 saturated carbocycles. The van der Waals surface area contributed by atoms with E-state index in [1.165, 1.54) is 20.3 Å². The van der Waals surface area contributed by atoms with E-state index in [9.17, 15) is 35.7 Å². The summed E-state index contributed by atoms with van der Waals surface area (Å²) in [5, 5.41) is 71.2. The molecule has 0 aromatic heterocycles. The first-order chi connectivity index (χ1) is 17.7. The normalized spacial score (nSPS) is 31.5. The standard InChI is InChI=1S/C26H34O11/c1-34-19-6-12(3-4-17(19)29)22-15-8-18(30)20(35-2)7-13(15)5-14(9-27)16(22)11-36-26-25(33)24(32)23(31)21(10-28)37-26/h3-4,6-8,14,16,21-33H,5,9-11H2,1-2H3/t14-,16+,21+,22+,23+,24-,25+,26+/m0/s1. The van der Waals surface area contributed by atoms with Crippen molar-refractivity contribution in [3.8, 4) is 23.0 Å². The number of rotatable bonds is 8. The monoisotopic (exact) mass is 522 g/mol. The van der Waals surface area contributed by atoms with Crippen LogP contribution in [0.3, 0.4) is 0 Å². The van der Waals surface area contributed by atoms with Gasteiger partial charge < -0.3 is 54.7 Å². The Balaban J connectivity index is 1.72. The first-order valence-corrected chi connectivity index (χ1v) is 12.0. The van der Waals surface area contributed by atoms with Crippen LogP contribution in [0.1, 0.15) is 22.6 Å². The molecule has 2 aromatic rings. The van der Waals surface area contributed by atoms with Gasteiger partial charge >= 0.3 is 0 Å². The Morgan fingerprint density at radius 1 is 0.865 bits per heavy atom. The van der Waals surface area contributed by atoms with Crippen molar-refractivity contribution in [2.24, 2.45) is 11.8 Å². The van der Waals surface area contributed by atoms with Gasteiger partial charge in [-0.05, 0) is 59.2 Å². The second-order valence-electron chi connectivity index (χ2n) is 9.47. The molecule has 1 fully saturated rings. The Bertz CT molecular complexity index is 1070. The molecule has 37 heavy (non-hydrogen) atoms. The number of hydrogen-bond acceptors (Lipinski definition) is 11. The number of phenols is 2. The summed E-state index contributed by atoms with van der Waals surface area (Å²) in [5.74, 6) is -0.744. The van der Waals surface area contributed by atoms with Crippen LogP contribution < -0.4 is 9.47 Å². The second-order valence-corrected chi connectivity index (χ2v) is 9.47. The largest absolute Gasteiger partial charge is 0.504 e. The smallest absolute Gasteiger partial charge is 0.186 e. The van der Waals surface area contributed by atoms with Gasteiger partial charge in [-0.3, -0.25) is 0 Å². The van der Waals surface area contributed by atoms with Gasteiger partial charge in [-0.2, -0.15) is 0 Å². The van der Waals surface area contributed by atoms with Gasteiger partial charge in [0.15, 0.2) is 29.3 Å². The summed E-state index contributed by atoms with van der Waals surface area (Å²) in [5.41, 5.74) is 2.34. The lowest BCUT2D eigenvalue weighted by Crippen LogP contribution is -2.59. The molecule has 7 N–H and O–H groups in total. The molecule has 1 aliphatic carbocycles. The number of aromatic hydroxyl groups is 2. The zero-order valence-corrected chi connectivity index (χ0v) is 20.6. The highest BCUT2D eigenvalue weighted by Crippen LogP contribution is 2.48. The summed E-state index contributed by atoms with van der Waals surface area (Å²) >= 11 is 0. The SMILES string of the molecule is COc1cc([C@@H]2c3cc(O)c(OC)cc3C[C@@H](CO)[C@H]2CO[C@@H]2O[C@H](CO)[C@@H](O)[C@H](O)[C@H]2O)ccc1O. The zero-order chi connectivity index (χ0) is 26.9. The minimum atomic E-state index is -1.59. The van der Waals surface area contributed by atoms with Crippen molar-refractivity contribution < 1.29 is 54.7 Å². The highest BCUT2D eigenvalue weighted by atomic mass is 16.7. The lowest BCUT2D eigenvalue weighted by Gasteiger charge is -2.43. The van der Waals surface area contributed by atoms with E-state index in [0.717, 1.165) is 16.7 Å². The maximum absolute atomic E-state index is 10.6. The number of aliphatic hydroxyl groups excluding tert-OH is 5. The Morgan fingerprint density at radius 2 is 1.57 bits per heavy atom. The molecule has 0 spiro atoms. The van der Waals surface area contributed by atoms with Crippen molar-refractivity contribution >= 4 is 0 Å². The Kier molecular flexibility index (Phi) is 8.44. The molecule has 11 nitrogen and oxygen atoms in total. The highest BCUT2D eigenvalue weighted by molar-refractivity contribution is 5.53. The van der Waals surface area contributed by atoms with E-state index in [-0.39, 0.29) is 36.4 Å². The third-order valence-electron chi connectivity index (χ3n) is 7.39. The molecule has 2 aromatic carbocycles. The topological polar surface area (TPSA) is 179 Å². The van der Waals surface area contributed by atoms with Crippen LogP contribution in [0, 0.1) is 11.8 Å². The number of hydrogen-bond donors (Lipinski definition) is 7. The molecular formula is C26H34O11. The van der Waals surface area contributed by atoms with E-state index in [4.69, 9.17) is 18.9 Å². The van der Waals surface area contributed by atoms with Crippen LogP contribution in [0.25, 0.3) is 0 Å². The maximum atomic E-state index is 10.6. The molecular weight excluding hydrogens is 488 g/mol.